The summed E-state index contributed by atoms with van der Waals surface area (Å²) in [5, 5.41) is 6.53. The average molecular weight is 540 g/mol. The maximum Gasteiger partial charge on any atom is 0.254 e. The molecule has 2 unspecified atom stereocenters. The molecule has 2 aromatic rings. The van der Waals surface area contributed by atoms with E-state index in [9.17, 15) is 9.59 Å². The first-order valence-electron chi connectivity index (χ1n) is 14.0. The first kappa shape index (κ1) is 30.6. The van der Waals surface area contributed by atoms with Gasteiger partial charge in [-0.2, -0.15) is 0 Å². The topological polar surface area (TPSA) is 89.1 Å². The van der Waals surface area contributed by atoms with Crippen LogP contribution in [0.25, 0.3) is 0 Å². The van der Waals surface area contributed by atoms with Crippen molar-refractivity contribution in [2.24, 2.45) is 11.8 Å². The molecule has 2 amide bonds. The van der Waals surface area contributed by atoms with E-state index in [0.29, 0.717) is 31.9 Å². The lowest BCUT2D eigenvalue weighted by atomic mass is 9.94. The van der Waals surface area contributed by atoms with Crippen LogP contribution in [0.15, 0.2) is 48.5 Å². The number of benzene rings is 2. The largest absolute Gasteiger partial charge is 0.493 e. The highest BCUT2D eigenvalue weighted by Gasteiger charge is 2.32. The van der Waals surface area contributed by atoms with Gasteiger partial charge in [-0.15, -0.1) is 0 Å². The van der Waals surface area contributed by atoms with Crippen LogP contribution in [0.5, 0.6) is 5.75 Å². The van der Waals surface area contributed by atoms with Gasteiger partial charge in [0.25, 0.3) is 11.8 Å². The molecule has 1 heterocycles. The minimum absolute atomic E-state index is 0.00685. The number of amides is 2. The van der Waals surface area contributed by atoms with E-state index in [4.69, 9.17) is 14.2 Å². The van der Waals surface area contributed by atoms with Crippen LogP contribution in [-0.4, -0.2) is 76.4 Å². The predicted molar refractivity (Wildman–Crippen MR) is 153 cm³/mol. The van der Waals surface area contributed by atoms with Crippen LogP contribution in [0.1, 0.15) is 54.8 Å². The molecule has 3 atom stereocenters. The van der Waals surface area contributed by atoms with E-state index in [0.717, 1.165) is 42.8 Å². The Bertz CT molecular complexity index is 1050. The minimum Gasteiger partial charge on any atom is -0.493 e. The number of nitrogens with zero attached hydrogens (tertiary/aromatic N) is 1. The van der Waals surface area contributed by atoms with Gasteiger partial charge in [0.05, 0.1) is 6.61 Å². The lowest BCUT2D eigenvalue weighted by Crippen LogP contribution is -2.44. The van der Waals surface area contributed by atoms with E-state index in [-0.39, 0.29) is 29.7 Å². The first-order chi connectivity index (χ1) is 18.9. The number of methoxy groups -OCH3 is 2. The quantitative estimate of drug-likeness (QED) is 0.334. The van der Waals surface area contributed by atoms with Crippen molar-refractivity contribution in [1.29, 1.82) is 0 Å². The zero-order chi connectivity index (χ0) is 28.2. The molecule has 0 aromatic heterocycles. The van der Waals surface area contributed by atoms with Crippen molar-refractivity contribution in [2.45, 2.75) is 45.8 Å². The lowest BCUT2D eigenvalue weighted by molar-refractivity contribution is -0.131. The monoisotopic (exact) mass is 539 g/mol. The van der Waals surface area contributed by atoms with Gasteiger partial charge in [0, 0.05) is 65.0 Å². The molecule has 8 nitrogen and oxygen atoms in total. The number of ether oxygens (including phenoxy) is 3. The van der Waals surface area contributed by atoms with Gasteiger partial charge in [0.2, 0.25) is 0 Å². The molecule has 1 aliphatic rings. The summed E-state index contributed by atoms with van der Waals surface area (Å²) in [6, 6.07) is 15.3. The van der Waals surface area contributed by atoms with Crippen molar-refractivity contribution in [1.82, 2.24) is 15.5 Å². The van der Waals surface area contributed by atoms with Gasteiger partial charge in [-0.3, -0.25) is 9.59 Å². The van der Waals surface area contributed by atoms with Crippen LogP contribution in [-0.2, 0) is 20.7 Å². The molecule has 2 N–H and O–H groups in total. The highest BCUT2D eigenvalue weighted by atomic mass is 16.5. The van der Waals surface area contributed by atoms with Crippen LogP contribution in [0.2, 0.25) is 0 Å². The highest BCUT2D eigenvalue weighted by Crippen LogP contribution is 2.25. The van der Waals surface area contributed by atoms with E-state index in [1.165, 1.54) is 0 Å². The third kappa shape index (κ3) is 8.52. The Hall–Kier alpha value is -2.94. The summed E-state index contributed by atoms with van der Waals surface area (Å²) >= 11 is 0. The minimum atomic E-state index is -0.648. The molecule has 214 valence electrons. The number of carbonyl (C=O) groups excluding carboxylic acids is 2. The number of nitrogens with one attached hydrogen (secondary N) is 2. The molecule has 1 fully saturated rings. The van der Waals surface area contributed by atoms with E-state index >= 15 is 0 Å². The van der Waals surface area contributed by atoms with Crippen molar-refractivity contribution in [3.63, 3.8) is 0 Å². The van der Waals surface area contributed by atoms with Crippen LogP contribution < -0.4 is 15.4 Å². The van der Waals surface area contributed by atoms with Crippen LogP contribution in [0.4, 0.5) is 0 Å². The van der Waals surface area contributed by atoms with Gasteiger partial charge in [-0.05, 0) is 55.4 Å². The van der Waals surface area contributed by atoms with E-state index in [1.54, 1.807) is 14.2 Å². The van der Waals surface area contributed by atoms with Crippen molar-refractivity contribution in [2.75, 3.05) is 53.6 Å². The molecular formula is C31H45N3O5. The predicted octanol–water partition coefficient (Wildman–Crippen LogP) is 3.85. The van der Waals surface area contributed by atoms with Gasteiger partial charge < -0.3 is 29.7 Å². The fourth-order valence-electron chi connectivity index (χ4n) is 5.03. The summed E-state index contributed by atoms with van der Waals surface area (Å²) in [5.74, 6) is 1.03. The summed E-state index contributed by atoms with van der Waals surface area (Å²) in [6.45, 7) is 10.1. The number of hydrogen-bond acceptors (Lipinski definition) is 6. The fraction of sp³-hybridized carbons (Fsp3) is 0.548. The van der Waals surface area contributed by atoms with Gasteiger partial charge in [0.1, 0.15) is 5.75 Å². The molecule has 0 spiro atoms. The second kappa shape index (κ2) is 15.6. The molecule has 0 saturated carbocycles. The molecular weight excluding hydrogens is 494 g/mol. The van der Waals surface area contributed by atoms with Crippen LogP contribution >= 0.6 is 0 Å². The van der Waals surface area contributed by atoms with E-state index in [2.05, 4.69) is 17.6 Å². The third-order valence-electron chi connectivity index (χ3n) is 7.36. The Kier molecular flexibility index (Phi) is 12.2. The Balaban J connectivity index is 1.65. The standard InChI is InChI=1S/C31H45N3O5/c1-6-23-13-14-25(17-28(23)39-16-10-15-37-4)31(36)34(22(2)3)21-27-19-32-18-26(27)20-33-30(35)29(38-5)24-11-8-7-9-12-24/h7-9,11-14,17,22,26-27,29,32H,6,10,15-16,18-21H2,1-5H3,(H,33,35)/t26?,27-,29?/m0/s1. The zero-order valence-electron chi connectivity index (χ0n) is 24.1. The molecule has 1 saturated heterocycles. The van der Waals surface area contributed by atoms with Crippen molar-refractivity contribution in [3.05, 3.63) is 65.2 Å². The normalized spacial score (nSPS) is 17.7. The number of carbonyl (C=O) groups is 2. The maximum atomic E-state index is 13.7. The van der Waals surface area contributed by atoms with Crippen LogP contribution in [0, 0.1) is 11.8 Å². The molecule has 1 aliphatic heterocycles. The van der Waals surface area contributed by atoms with E-state index < -0.39 is 6.10 Å². The average Bonchev–Trinajstić information content (AvgIpc) is 3.40. The molecule has 8 heteroatoms. The summed E-state index contributed by atoms with van der Waals surface area (Å²) in [7, 11) is 3.23. The Labute approximate surface area is 233 Å². The fourth-order valence-corrected chi connectivity index (χ4v) is 5.03. The summed E-state index contributed by atoms with van der Waals surface area (Å²) < 4.78 is 16.6. The summed E-state index contributed by atoms with van der Waals surface area (Å²) in [6.07, 6.45) is 0.973. The van der Waals surface area contributed by atoms with Gasteiger partial charge in [0.15, 0.2) is 6.10 Å². The lowest BCUT2D eigenvalue weighted by Gasteiger charge is -2.32. The molecule has 0 aliphatic carbocycles. The van der Waals surface area contributed by atoms with Crippen LogP contribution in [0.3, 0.4) is 0 Å². The SMILES string of the molecule is CCc1ccc(C(=O)N(C[C@@H]2CNCC2CNC(=O)C(OC)c2ccccc2)C(C)C)cc1OCCCOC. The molecule has 0 radical (unpaired) electrons. The molecule has 2 aromatic carbocycles. The second-order valence-electron chi connectivity index (χ2n) is 10.4. The zero-order valence-corrected chi connectivity index (χ0v) is 24.1. The first-order valence-corrected chi connectivity index (χ1v) is 14.0. The molecule has 39 heavy (non-hydrogen) atoms. The van der Waals surface area contributed by atoms with Gasteiger partial charge in [-0.1, -0.05) is 43.3 Å². The van der Waals surface area contributed by atoms with Gasteiger partial charge in [-0.25, -0.2) is 0 Å². The number of hydrogen-bond donors (Lipinski definition) is 2. The van der Waals surface area contributed by atoms with Crippen molar-refractivity contribution >= 4 is 11.8 Å². The highest BCUT2D eigenvalue weighted by molar-refractivity contribution is 5.95. The van der Waals surface area contributed by atoms with Gasteiger partial charge >= 0.3 is 0 Å². The maximum absolute atomic E-state index is 13.7. The Morgan fingerprint density at radius 2 is 1.79 bits per heavy atom. The Morgan fingerprint density at radius 1 is 1.05 bits per heavy atom. The third-order valence-corrected chi connectivity index (χ3v) is 7.36. The smallest absolute Gasteiger partial charge is 0.254 e. The van der Waals surface area contributed by atoms with E-state index in [1.807, 2.05) is 67.3 Å². The van der Waals surface area contributed by atoms with Crippen molar-refractivity contribution in [3.8, 4) is 5.75 Å². The number of rotatable bonds is 15. The summed E-state index contributed by atoms with van der Waals surface area (Å²) in [5.41, 5.74) is 2.54. The molecule has 0 bridgehead atoms. The Morgan fingerprint density at radius 3 is 2.46 bits per heavy atom. The number of aryl methyl sites for hydroxylation is 1. The second-order valence-corrected chi connectivity index (χ2v) is 10.4. The molecule has 3 rings (SSSR count). The summed E-state index contributed by atoms with van der Waals surface area (Å²) in [4.78, 5) is 28.6. The van der Waals surface area contributed by atoms with Crippen molar-refractivity contribution < 1.29 is 23.8 Å².